The molecule has 0 N–H and O–H groups in total. The number of thioether (sulfide) groups is 1. The van der Waals surface area contributed by atoms with E-state index < -0.39 is 0 Å². The summed E-state index contributed by atoms with van der Waals surface area (Å²) in [6.07, 6.45) is 2.74. The zero-order chi connectivity index (χ0) is 17.1. The summed E-state index contributed by atoms with van der Waals surface area (Å²) in [4.78, 5) is 14.8. The van der Waals surface area contributed by atoms with Crippen LogP contribution in [0.25, 0.3) is 0 Å². The van der Waals surface area contributed by atoms with Gasteiger partial charge < -0.3 is 9.47 Å². The van der Waals surface area contributed by atoms with E-state index >= 15 is 0 Å². The molecule has 5 nitrogen and oxygen atoms in total. The topological polar surface area (TPSA) is 51.0 Å². The molecule has 126 valence electrons. The molecule has 0 saturated carbocycles. The summed E-state index contributed by atoms with van der Waals surface area (Å²) >= 11 is 1.46. The van der Waals surface area contributed by atoms with Crippen molar-refractivity contribution in [1.29, 1.82) is 0 Å². The largest absolute Gasteiger partial charge is 0.337 e. The van der Waals surface area contributed by atoms with Gasteiger partial charge in [-0.2, -0.15) is 0 Å². The van der Waals surface area contributed by atoms with E-state index in [0.717, 1.165) is 23.9 Å². The number of carbonyl (C=O) groups excluding carboxylic acids is 1. The van der Waals surface area contributed by atoms with Gasteiger partial charge in [-0.05, 0) is 31.4 Å². The fourth-order valence-corrected chi connectivity index (χ4v) is 3.93. The van der Waals surface area contributed by atoms with Gasteiger partial charge in [-0.3, -0.25) is 4.79 Å². The number of fused-ring (bicyclic) bond motifs is 1. The van der Waals surface area contributed by atoms with Crippen molar-refractivity contribution in [2.75, 3.05) is 6.54 Å². The highest BCUT2D eigenvalue weighted by atomic mass is 32.2. The van der Waals surface area contributed by atoms with E-state index in [-0.39, 0.29) is 11.2 Å². The van der Waals surface area contributed by atoms with Crippen LogP contribution in [-0.4, -0.2) is 37.4 Å². The lowest BCUT2D eigenvalue weighted by atomic mass is 10.00. The molecule has 0 radical (unpaired) electrons. The number of aromatic nitrogens is 3. The fourth-order valence-electron chi connectivity index (χ4n) is 2.94. The number of nitrogens with zero attached hydrogens (tertiary/aromatic N) is 4. The Bertz CT molecular complexity index is 755. The van der Waals surface area contributed by atoms with Gasteiger partial charge in [-0.1, -0.05) is 42.1 Å². The normalized spacial score (nSPS) is 15.0. The third kappa shape index (κ3) is 3.38. The van der Waals surface area contributed by atoms with Crippen LogP contribution in [0.2, 0.25) is 0 Å². The molecule has 1 aromatic heterocycles. The molecule has 0 saturated heterocycles. The van der Waals surface area contributed by atoms with Crippen molar-refractivity contribution in [3.8, 4) is 0 Å². The van der Waals surface area contributed by atoms with Gasteiger partial charge in [0.15, 0.2) is 5.16 Å². The lowest BCUT2D eigenvalue weighted by Crippen LogP contribution is -2.40. The maximum absolute atomic E-state index is 12.8. The molecule has 0 aliphatic carbocycles. The molecule has 1 aromatic carbocycles. The maximum atomic E-state index is 12.8. The third-order valence-corrected chi connectivity index (χ3v) is 5.35. The Kier molecular flexibility index (Phi) is 5.04. The Balaban J connectivity index is 1.69. The summed E-state index contributed by atoms with van der Waals surface area (Å²) in [6, 6.07) is 8.35. The van der Waals surface area contributed by atoms with Crippen LogP contribution in [0, 0.1) is 6.92 Å². The predicted molar refractivity (Wildman–Crippen MR) is 95.8 cm³/mol. The van der Waals surface area contributed by atoms with Gasteiger partial charge in [0.1, 0.15) is 5.82 Å². The summed E-state index contributed by atoms with van der Waals surface area (Å²) in [5.41, 5.74) is 2.60. The molecule has 6 heteroatoms. The summed E-state index contributed by atoms with van der Waals surface area (Å²) in [5.74, 6) is 0.990. The molecule has 1 aliphatic rings. The molecule has 2 aromatic rings. The van der Waals surface area contributed by atoms with Gasteiger partial charge in [0.2, 0.25) is 5.91 Å². The predicted octanol–water partition coefficient (Wildman–Crippen LogP) is 2.84. The minimum Gasteiger partial charge on any atom is -0.337 e. The first kappa shape index (κ1) is 16.8. The summed E-state index contributed by atoms with van der Waals surface area (Å²) < 4.78 is 1.98. The number of hydrogen-bond donors (Lipinski definition) is 0. The molecule has 1 aliphatic heterocycles. The highest BCUT2D eigenvalue weighted by Crippen LogP contribution is 2.26. The number of hydrogen-bond acceptors (Lipinski definition) is 4. The number of benzene rings is 1. The first-order chi connectivity index (χ1) is 11.6. The van der Waals surface area contributed by atoms with Crippen LogP contribution >= 0.6 is 11.8 Å². The van der Waals surface area contributed by atoms with E-state index in [1.54, 1.807) is 0 Å². The second-order valence-electron chi connectivity index (χ2n) is 5.97. The van der Waals surface area contributed by atoms with Crippen LogP contribution in [0.5, 0.6) is 0 Å². The molecule has 1 amide bonds. The number of rotatable bonds is 5. The Labute approximate surface area is 146 Å². The maximum Gasteiger partial charge on any atom is 0.236 e. The molecule has 1 atom stereocenters. The van der Waals surface area contributed by atoms with Crippen LogP contribution in [0.3, 0.4) is 0 Å². The second-order valence-corrected chi connectivity index (χ2v) is 7.28. The standard InChI is InChI=1S/C18H22N4OS/c1-4-10-22-14(3)19-20-18(22)24-13(2)17(23)21-11-9-15-7-5-6-8-16(15)12-21/h4-8,13H,1,9-12H2,2-3H3. The third-order valence-electron chi connectivity index (χ3n) is 4.29. The molecule has 24 heavy (non-hydrogen) atoms. The van der Waals surface area contributed by atoms with E-state index in [1.165, 1.54) is 22.9 Å². The smallest absolute Gasteiger partial charge is 0.236 e. The summed E-state index contributed by atoms with van der Waals surface area (Å²) in [6.45, 7) is 9.74. The Morgan fingerprint density at radius 3 is 2.88 bits per heavy atom. The Morgan fingerprint density at radius 1 is 1.38 bits per heavy atom. The molecular formula is C18H22N4OS. The number of allylic oxidation sites excluding steroid dienone is 1. The Hall–Kier alpha value is -2.08. The lowest BCUT2D eigenvalue weighted by molar-refractivity contribution is -0.131. The number of carbonyl (C=O) groups is 1. The van der Waals surface area contributed by atoms with E-state index in [9.17, 15) is 4.79 Å². The van der Waals surface area contributed by atoms with Crippen molar-refractivity contribution in [2.45, 2.75) is 43.8 Å². The molecular weight excluding hydrogens is 320 g/mol. The van der Waals surface area contributed by atoms with Crippen LogP contribution in [0.4, 0.5) is 0 Å². The van der Waals surface area contributed by atoms with E-state index in [1.807, 2.05) is 35.5 Å². The molecule has 3 rings (SSSR count). The fraction of sp³-hybridized carbons (Fsp3) is 0.389. The van der Waals surface area contributed by atoms with Gasteiger partial charge >= 0.3 is 0 Å². The van der Waals surface area contributed by atoms with Crippen molar-refractivity contribution in [1.82, 2.24) is 19.7 Å². The minimum absolute atomic E-state index is 0.153. The van der Waals surface area contributed by atoms with Crippen molar-refractivity contribution >= 4 is 17.7 Å². The van der Waals surface area contributed by atoms with Gasteiger partial charge in [-0.15, -0.1) is 16.8 Å². The SMILES string of the molecule is C=CCn1c(C)nnc1SC(C)C(=O)N1CCc2ccccc2C1. The number of amides is 1. The van der Waals surface area contributed by atoms with Gasteiger partial charge in [0.25, 0.3) is 0 Å². The summed E-state index contributed by atoms with van der Waals surface area (Å²) in [7, 11) is 0. The first-order valence-corrected chi connectivity index (χ1v) is 9.01. The highest BCUT2D eigenvalue weighted by Gasteiger charge is 2.26. The highest BCUT2D eigenvalue weighted by molar-refractivity contribution is 8.00. The molecule has 0 bridgehead atoms. The zero-order valence-electron chi connectivity index (χ0n) is 14.1. The van der Waals surface area contributed by atoms with Crippen molar-refractivity contribution in [3.05, 3.63) is 53.9 Å². The van der Waals surface area contributed by atoms with Gasteiger partial charge in [0.05, 0.1) is 5.25 Å². The molecule has 0 fully saturated rings. The minimum atomic E-state index is -0.192. The first-order valence-electron chi connectivity index (χ1n) is 8.13. The molecule has 1 unspecified atom stereocenters. The molecule has 2 heterocycles. The van der Waals surface area contributed by atoms with E-state index in [0.29, 0.717) is 13.1 Å². The van der Waals surface area contributed by atoms with Crippen molar-refractivity contribution in [2.24, 2.45) is 0 Å². The monoisotopic (exact) mass is 342 g/mol. The van der Waals surface area contributed by atoms with Crippen molar-refractivity contribution < 1.29 is 4.79 Å². The van der Waals surface area contributed by atoms with Gasteiger partial charge in [0, 0.05) is 19.6 Å². The van der Waals surface area contributed by atoms with Crippen LogP contribution in [0.15, 0.2) is 42.1 Å². The summed E-state index contributed by atoms with van der Waals surface area (Å²) in [5, 5.41) is 8.88. The van der Waals surface area contributed by atoms with Gasteiger partial charge in [-0.25, -0.2) is 0 Å². The average Bonchev–Trinajstić information content (AvgIpc) is 2.94. The second kappa shape index (κ2) is 7.21. The molecule has 0 spiro atoms. The van der Waals surface area contributed by atoms with E-state index in [4.69, 9.17) is 0 Å². The lowest BCUT2D eigenvalue weighted by Gasteiger charge is -2.30. The Morgan fingerprint density at radius 2 is 2.12 bits per heavy atom. The van der Waals surface area contributed by atoms with Crippen LogP contribution < -0.4 is 0 Å². The van der Waals surface area contributed by atoms with E-state index in [2.05, 4.69) is 35.0 Å². The number of aryl methyl sites for hydroxylation is 1. The van der Waals surface area contributed by atoms with Crippen LogP contribution in [0.1, 0.15) is 23.9 Å². The van der Waals surface area contributed by atoms with Crippen molar-refractivity contribution in [3.63, 3.8) is 0 Å². The average molecular weight is 342 g/mol. The zero-order valence-corrected chi connectivity index (χ0v) is 14.9. The quantitative estimate of drug-likeness (QED) is 0.619. The van der Waals surface area contributed by atoms with Crippen LogP contribution in [-0.2, 0) is 24.3 Å².